The lowest BCUT2D eigenvalue weighted by atomic mass is 9.64. The van der Waals surface area contributed by atoms with Crippen molar-refractivity contribution in [3.63, 3.8) is 0 Å². The lowest BCUT2D eigenvalue weighted by Crippen LogP contribution is -2.42. The molecule has 0 amide bonds. The van der Waals surface area contributed by atoms with Gasteiger partial charge in [0.15, 0.2) is 0 Å². The number of rotatable bonds is 6. The maximum Gasteiger partial charge on any atom is 0.303 e. The van der Waals surface area contributed by atoms with Gasteiger partial charge in [-0.05, 0) is 49.1 Å². The van der Waals surface area contributed by atoms with E-state index in [1.807, 2.05) is 6.07 Å². The van der Waals surface area contributed by atoms with E-state index in [4.69, 9.17) is 0 Å². The van der Waals surface area contributed by atoms with Crippen molar-refractivity contribution >= 4 is 5.97 Å². The van der Waals surface area contributed by atoms with Gasteiger partial charge in [0.1, 0.15) is 0 Å². The number of carboxylic acid groups (broad SMARTS) is 1. The Kier molecular flexibility index (Phi) is 5.63. The van der Waals surface area contributed by atoms with E-state index in [-0.39, 0.29) is 5.41 Å². The summed E-state index contributed by atoms with van der Waals surface area (Å²) in [7, 11) is 2.11. The maximum absolute atomic E-state index is 11.4. The maximum atomic E-state index is 11.4. The van der Waals surface area contributed by atoms with Gasteiger partial charge >= 0.3 is 5.97 Å². The highest BCUT2D eigenvalue weighted by Crippen LogP contribution is 2.45. The number of benzene rings is 1. The highest BCUT2D eigenvalue weighted by atomic mass is 16.4. The summed E-state index contributed by atoms with van der Waals surface area (Å²) in [6.07, 6.45) is 3.58. The van der Waals surface area contributed by atoms with Crippen LogP contribution in [0.5, 0.6) is 0 Å². The Morgan fingerprint density at radius 2 is 1.82 bits per heavy atom. The molecule has 0 saturated heterocycles. The average Bonchev–Trinajstić information content (AvgIpc) is 2.36. The van der Waals surface area contributed by atoms with Crippen LogP contribution in [-0.4, -0.2) is 29.6 Å². The van der Waals surface area contributed by atoms with Crippen LogP contribution in [-0.2, 0) is 11.3 Å². The summed E-state index contributed by atoms with van der Waals surface area (Å²) >= 11 is 0. The van der Waals surface area contributed by atoms with Gasteiger partial charge in [-0.25, -0.2) is 0 Å². The minimum absolute atomic E-state index is 0.0769. The van der Waals surface area contributed by atoms with Crippen LogP contribution in [0.2, 0.25) is 0 Å². The smallest absolute Gasteiger partial charge is 0.303 e. The molecule has 0 spiro atoms. The van der Waals surface area contributed by atoms with Gasteiger partial charge in [0.25, 0.3) is 0 Å². The SMILES string of the molecule is CC1CC(C)CC(CC(=O)O)(CN(C)Cc2ccccc2)C1. The number of hydrogen-bond acceptors (Lipinski definition) is 2. The van der Waals surface area contributed by atoms with Crippen LogP contribution < -0.4 is 0 Å². The molecule has 2 rings (SSSR count). The molecule has 1 saturated carbocycles. The highest BCUT2D eigenvalue weighted by Gasteiger charge is 2.40. The quantitative estimate of drug-likeness (QED) is 0.862. The fourth-order valence-corrected chi connectivity index (χ4v) is 4.59. The average molecular weight is 303 g/mol. The van der Waals surface area contributed by atoms with E-state index >= 15 is 0 Å². The number of hydrogen-bond donors (Lipinski definition) is 1. The van der Waals surface area contributed by atoms with Crippen LogP contribution in [0.25, 0.3) is 0 Å². The Bertz CT molecular complexity index is 475. The van der Waals surface area contributed by atoms with Crippen molar-refractivity contribution in [3.05, 3.63) is 35.9 Å². The van der Waals surface area contributed by atoms with Crippen LogP contribution in [0, 0.1) is 17.3 Å². The molecule has 0 aliphatic heterocycles. The van der Waals surface area contributed by atoms with Crippen molar-refractivity contribution in [2.24, 2.45) is 17.3 Å². The first kappa shape index (κ1) is 17.0. The first-order valence-electron chi connectivity index (χ1n) is 8.33. The molecule has 1 aromatic carbocycles. The fourth-order valence-electron chi connectivity index (χ4n) is 4.59. The second kappa shape index (κ2) is 7.28. The molecule has 2 atom stereocenters. The molecule has 3 heteroatoms. The zero-order valence-electron chi connectivity index (χ0n) is 14.1. The van der Waals surface area contributed by atoms with Crippen LogP contribution >= 0.6 is 0 Å². The third-order valence-electron chi connectivity index (χ3n) is 4.79. The summed E-state index contributed by atoms with van der Waals surface area (Å²) in [6, 6.07) is 10.4. The van der Waals surface area contributed by atoms with Gasteiger partial charge in [-0.3, -0.25) is 4.79 Å². The van der Waals surface area contributed by atoms with E-state index in [1.165, 1.54) is 12.0 Å². The van der Waals surface area contributed by atoms with Gasteiger partial charge in [0.2, 0.25) is 0 Å². The van der Waals surface area contributed by atoms with E-state index in [2.05, 4.69) is 50.1 Å². The molecule has 0 bridgehead atoms. The molecule has 1 N–H and O–H groups in total. The van der Waals surface area contributed by atoms with Crippen molar-refractivity contribution in [1.29, 1.82) is 0 Å². The van der Waals surface area contributed by atoms with E-state index in [0.29, 0.717) is 18.3 Å². The zero-order valence-corrected chi connectivity index (χ0v) is 14.1. The van der Waals surface area contributed by atoms with Crippen molar-refractivity contribution < 1.29 is 9.90 Å². The summed E-state index contributed by atoms with van der Waals surface area (Å²) in [5.41, 5.74) is 1.21. The molecule has 3 nitrogen and oxygen atoms in total. The molecule has 1 aliphatic carbocycles. The van der Waals surface area contributed by atoms with Crippen LogP contribution in [0.1, 0.15) is 45.1 Å². The molecule has 2 unspecified atom stereocenters. The summed E-state index contributed by atoms with van der Waals surface area (Å²) in [5, 5.41) is 9.39. The topological polar surface area (TPSA) is 40.5 Å². The number of carbonyl (C=O) groups is 1. The van der Waals surface area contributed by atoms with E-state index in [0.717, 1.165) is 25.9 Å². The normalized spacial score (nSPS) is 28.7. The summed E-state index contributed by atoms with van der Waals surface area (Å²) in [4.78, 5) is 13.7. The molecule has 1 aromatic rings. The zero-order chi connectivity index (χ0) is 16.2. The van der Waals surface area contributed by atoms with E-state index < -0.39 is 5.97 Å². The molecule has 0 radical (unpaired) electrons. The standard InChI is InChI=1S/C19H29NO2/c1-15-9-16(2)11-19(10-15,12-18(21)22)14-20(3)13-17-7-5-4-6-8-17/h4-8,15-16H,9-14H2,1-3H3,(H,21,22). The van der Waals surface area contributed by atoms with Crippen molar-refractivity contribution in [1.82, 2.24) is 4.90 Å². The molecule has 1 fully saturated rings. The van der Waals surface area contributed by atoms with Crippen molar-refractivity contribution in [3.8, 4) is 0 Å². The minimum Gasteiger partial charge on any atom is -0.481 e. The largest absolute Gasteiger partial charge is 0.481 e. The van der Waals surface area contributed by atoms with Gasteiger partial charge in [0, 0.05) is 13.1 Å². The van der Waals surface area contributed by atoms with E-state index in [1.54, 1.807) is 0 Å². The monoisotopic (exact) mass is 303 g/mol. The summed E-state index contributed by atoms with van der Waals surface area (Å²) in [5.74, 6) is 0.580. The first-order chi connectivity index (χ1) is 10.4. The predicted octanol–water partition coefficient (Wildman–Crippen LogP) is 4.04. The summed E-state index contributed by atoms with van der Waals surface area (Å²) < 4.78 is 0. The van der Waals surface area contributed by atoms with Gasteiger partial charge in [-0.15, -0.1) is 0 Å². The first-order valence-corrected chi connectivity index (χ1v) is 8.33. The molecular weight excluding hydrogens is 274 g/mol. The number of aliphatic carboxylic acids is 1. The fraction of sp³-hybridized carbons (Fsp3) is 0.632. The number of carboxylic acids is 1. The third kappa shape index (κ3) is 4.84. The van der Waals surface area contributed by atoms with Crippen LogP contribution in [0.3, 0.4) is 0 Å². The van der Waals surface area contributed by atoms with Gasteiger partial charge in [0.05, 0.1) is 6.42 Å². The van der Waals surface area contributed by atoms with E-state index in [9.17, 15) is 9.90 Å². The molecule has 1 aliphatic rings. The number of nitrogens with zero attached hydrogens (tertiary/aromatic N) is 1. The Balaban J connectivity index is 2.07. The lowest BCUT2D eigenvalue weighted by molar-refractivity contribution is -0.141. The van der Waals surface area contributed by atoms with Crippen molar-refractivity contribution in [2.45, 2.75) is 46.1 Å². The molecule has 22 heavy (non-hydrogen) atoms. The van der Waals surface area contributed by atoms with Gasteiger partial charge in [-0.1, -0.05) is 44.2 Å². The molecule has 122 valence electrons. The highest BCUT2D eigenvalue weighted by molar-refractivity contribution is 5.67. The summed E-state index contributed by atoms with van der Waals surface area (Å²) in [6.45, 7) is 6.28. The molecule has 0 aromatic heterocycles. The predicted molar refractivity (Wildman–Crippen MR) is 89.6 cm³/mol. The van der Waals surface area contributed by atoms with Crippen molar-refractivity contribution in [2.75, 3.05) is 13.6 Å². The Labute approximate surface area is 134 Å². The third-order valence-corrected chi connectivity index (χ3v) is 4.79. The second-order valence-corrected chi connectivity index (χ2v) is 7.58. The molecule has 0 heterocycles. The molecular formula is C19H29NO2. The second-order valence-electron chi connectivity index (χ2n) is 7.58. The Morgan fingerprint density at radius 1 is 1.23 bits per heavy atom. The van der Waals surface area contributed by atoms with Crippen LogP contribution in [0.15, 0.2) is 30.3 Å². The van der Waals surface area contributed by atoms with Gasteiger partial charge in [-0.2, -0.15) is 0 Å². The Morgan fingerprint density at radius 3 is 2.36 bits per heavy atom. The van der Waals surface area contributed by atoms with Crippen LogP contribution in [0.4, 0.5) is 0 Å². The minimum atomic E-state index is -0.658. The van der Waals surface area contributed by atoms with Gasteiger partial charge < -0.3 is 10.0 Å². The Hall–Kier alpha value is -1.35. The lowest BCUT2D eigenvalue weighted by Gasteiger charge is -2.44.